The summed E-state index contributed by atoms with van der Waals surface area (Å²) in [5.74, 6) is -1.20. The van der Waals surface area contributed by atoms with E-state index < -0.39 is 11.9 Å². The molecule has 7 heteroatoms. The summed E-state index contributed by atoms with van der Waals surface area (Å²) in [5, 5.41) is 13.1. The van der Waals surface area contributed by atoms with Gasteiger partial charge in [0.1, 0.15) is 10.6 Å². The zero-order valence-electron chi connectivity index (χ0n) is 9.91. The third-order valence-corrected chi connectivity index (χ3v) is 3.26. The number of nitrogens with one attached hydrogen (secondary N) is 1. The quantitative estimate of drug-likeness (QED) is 0.894. The number of hydrogen-bond acceptors (Lipinski definition) is 5. The standard InChI is InChI=1S/C12H10N2O4S/c1-18-9-6-13-4-2-7(9)11(15)14-8-3-5-19-10(8)12(16)17/h2-6H,1H3,(H,14,15)(H,16,17). The molecule has 2 aromatic heterocycles. The molecule has 0 spiro atoms. The molecule has 2 heterocycles. The molecule has 0 saturated heterocycles. The summed E-state index contributed by atoms with van der Waals surface area (Å²) in [4.78, 5) is 26.9. The lowest BCUT2D eigenvalue weighted by molar-refractivity contribution is 0.0703. The summed E-state index contributed by atoms with van der Waals surface area (Å²) in [6, 6.07) is 3.04. The van der Waals surface area contributed by atoms with E-state index in [1.807, 2.05) is 0 Å². The molecule has 0 radical (unpaired) electrons. The van der Waals surface area contributed by atoms with Gasteiger partial charge in [-0.1, -0.05) is 0 Å². The minimum atomic E-state index is -1.08. The third-order valence-electron chi connectivity index (χ3n) is 2.36. The van der Waals surface area contributed by atoms with Crippen molar-refractivity contribution < 1.29 is 19.4 Å². The minimum Gasteiger partial charge on any atom is -0.494 e. The number of aromatic nitrogens is 1. The van der Waals surface area contributed by atoms with Gasteiger partial charge in [-0.2, -0.15) is 0 Å². The highest BCUT2D eigenvalue weighted by Gasteiger charge is 2.17. The molecule has 19 heavy (non-hydrogen) atoms. The number of pyridine rings is 1. The van der Waals surface area contributed by atoms with Crippen LogP contribution in [0.5, 0.6) is 5.75 Å². The van der Waals surface area contributed by atoms with E-state index in [1.165, 1.54) is 25.6 Å². The third kappa shape index (κ3) is 2.71. The molecule has 0 bridgehead atoms. The van der Waals surface area contributed by atoms with Gasteiger partial charge < -0.3 is 15.2 Å². The van der Waals surface area contributed by atoms with Gasteiger partial charge in [0.2, 0.25) is 0 Å². The molecule has 2 rings (SSSR count). The molecule has 2 N–H and O–H groups in total. The van der Waals surface area contributed by atoms with Gasteiger partial charge in [0, 0.05) is 6.20 Å². The number of carbonyl (C=O) groups is 2. The first-order valence-corrected chi connectivity index (χ1v) is 6.11. The monoisotopic (exact) mass is 278 g/mol. The summed E-state index contributed by atoms with van der Waals surface area (Å²) >= 11 is 1.05. The number of anilines is 1. The van der Waals surface area contributed by atoms with Gasteiger partial charge in [0.05, 0.1) is 24.6 Å². The first kappa shape index (κ1) is 13.0. The zero-order chi connectivity index (χ0) is 13.8. The van der Waals surface area contributed by atoms with Crippen molar-refractivity contribution in [3.63, 3.8) is 0 Å². The van der Waals surface area contributed by atoms with E-state index in [-0.39, 0.29) is 10.6 Å². The average molecular weight is 278 g/mol. The maximum atomic E-state index is 12.1. The Bertz CT molecular complexity index is 624. The number of amides is 1. The van der Waals surface area contributed by atoms with Crippen LogP contribution in [-0.2, 0) is 0 Å². The molecule has 0 aliphatic heterocycles. The average Bonchev–Trinajstić information content (AvgIpc) is 2.87. The molecule has 0 aliphatic rings. The van der Waals surface area contributed by atoms with Crippen LogP contribution in [0.4, 0.5) is 5.69 Å². The van der Waals surface area contributed by atoms with Gasteiger partial charge in [-0.3, -0.25) is 9.78 Å². The summed E-state index contributed by atoms with van der Waals surface area (Å²) < 4.78 is 5.03. The molecule has 0 atom stereocenters. The molecule has 1 amide bonds. The Labute approximate surface area is 112 Å². The summed E-state index contributed by atoms with van der Waals surface area (Å²) in [5.41, 5.74) is 0.557. The summed E-state index contributed by atoms with van der Waals surface area (Å²) in [6.45, 7) is 0. The molecule has 0 unspecified atom stereocenters. The van der Waals surface area contributed by atoms with Gasteiger partial charge >= 0.3 is 5.97 Å². The number of nitrogens with zero attached hydrogens (tertiary/aromatic N) is 1. The molecule has 0 saturated carbocycles. The maximum Gasteiger partial charge on any atom is 0.348 e. The van der Waals surface area contributed by atoms with Gasteiger partial charge in [-0.05, 0) is 17.5 Å². The van der Waals surface area contributed by atoms with Crippen LogP contribution in [-0.4, -0.2) is 29.1 Å². The predicted molar refractivity (Wildman–Crippen MR) is 70.0 cm³/mol. The zero-order valence-corrected chi connectivity index (χ0v) is 10.7. The Hall–Kier alpha value is -2.41. The molecule has 6 nitrogen and oxygen atoms in total. The van der Waals surface area contributed by atoms with Crippen LogP contribution in [0.1, 0.15) is 20.0 Å². The molecular formula is C12H10N2O4S. The summed E-state index contributed by atoms with van der Waals surface area (Å²) in [7, 11) is 1.43. The molecule has 98 valence electrons. The van der Waals surface area contributed by atoms with Crippen LogP contribution in [0, 0.1) is 0 Å². The Morgan fingerprint density at radius 1 is 1.42 bits per heavy atom. The van der Waals surface area contributed by atoms with Crippen molar-refractivity contribution in [1.82, 2.24) is 4.98 Å². The molecule has 0 aliphatic carbocycles. The molecular weight excluding hydrogens is 268 g/mol. The molecule has 0 aromatic carbocycles. The van der Waals surface area contributed by atoms with E-state index in [1.54, 1.807) is 11.4 Å². The highest BCUT2D eigenvalue weighted by Crippen LogP contribution is 2.24. The fourth-order valence-corrected chi connectivity index (χ4v) is 2.18. The number of methoxy groups -OCH3 is 1. The normalized spacial score (nSPS) is 9.95. The van der Waals surface area contributed by atoms with Gasteiger partial charge in [-0.25, -0.2) is 4.79 Å². The van der Waals surface area contributed by atoms with Crippen molar-refractivity contribution in [2.75, 3.05) is 12.4 Å². The van der Waals surface area contributed by atoms with Crippen LogP contribution in [0.2, 0.25) is 0 Å². The van der Waals surface area contributed by atoms with Crippen LogP contribution in [0.25, 0.3) is 0 Å². The largest absolute Gasteiger partial charge is 0.494 e. The topological polar surface area (TPSA) is 88.5 Å². The van der Waals surface area contributed by atoms with Crippen LogP contribution in [0.15, 0.2) is 29.9 Å². The number of hydrogen-bond donors (Lipinski definition) is 2. The van der Waals surface area contributed by atoms with Crippen molar-refractivity contribution in [3.05, 3.63) is 40.3 Å². The van der Waals surface area contributed by atoms with Crippen LogP contribution in [0.3, 0.4) is 0 Å². The van der Waals surface area contributed by atoms with E-state index in [4.69, 9.17) is 9.84 Å². The minimum absolute atomic E-state index is 0.0846. The Morgan fingerprint density at radius 3 is 2.89 bits per heavy atom. The van der Waals surface area contributed by atoms with E-state index in [0.717, 1.165) is 11.3 Å². The Morgan fingerprint density at radius 2 is 2.21 bits per heavy atom. The number of rotatable bonds is 4. The van der Waals surface area contributed by atoms with Gasteiger partial charge in [0.25, 0.3) is 5.91 Å². The highest BCUT2D eigenvalue weighted by atomic mass is 32.1. The molecule has 0 fully saturated rings. The number of carboxylic acid groups (broad SMARTS) is 1. The van der Waals surface area contributed by atoms with Crippen molar-refractivity contribution >= 4 is 28.9 Å². The highest BCUT2D eigenvalue weighted by molar-refractivity contribution is 7.12. The Balaban J connectivity index is 2.26. The van der Waals surface area contributed by atoms with Crippen molar-refractivity contribution in [2.45, 2.75) is 0 Å². The fraction of sp³-hybridized carbons (Fsp3) is 0.0833. The van der Waals surface area contributed by atoms with Crippen molar-refractivity contribution in [3.8, 4) is 5.75 Å². The second-order valence-electron chi connectivity index (χ2n) is 3.50. The van der Waals surface area contributed by atoms with Crippen LogP contribution >= 0.6 is 11.3 Å². The number of thiophene rings is 1. The van der Waals surface area contributed by atoms with Gasteiger partial charge in [0.15, 0.2) is 0 Å². The van der Waals surface area contributed by atoms with Gasteiger partial charge in [-0.15, -0.1) is 11.3 Å². The van der Waals surface area contributed by atoms with E-state index >= 15 is 0 Å². The lowest BCUT2D eigenvalue weighted by atomic mass is 10.2. The number of carbonyl (C=O) groups excluding carboxylic acids is 1. The van der Waals surface area contributed by atoms with E-state index in [2.05, 4.69) is 10.3 Å². The second-order valence-corrected chi connectivity index (χ2v) is 4.41. The Kier molecular flexibility index (Phi) is 3.76. The van der Waals surface area contributed by atoms with Crippen molar-refractivity contribution in [1.29, 1.82) is 0 Å². The lowest BCUT2D eigenvalue weighted by Crippen LogP contribution is -2.14. The smallest absolute Gasteiger partial charge is 0.348 e. The van der Waals surface area contributed by atoms with Crippen molar-refractivity contribution in [2.24, 2.45) is 0 Å². The number of ether oxygens (including phenoxy) is 1. The SMILES string of the molecule is COc1cnccc1C(=O)Nc1ccsc1C(=O)O. The molecule has 2 aromatic rings. The first-order chi connectivity index (χ1) is 9.13. The number of carboxylic acids is 1. The van der Waals surface area contributed by atoms with Crippen LogP contribution < -0.4 is 10.1 Å². The maximum absolute atomic E-state index is 12.1. The lowest BCUT2D eigenvalue weighted by Gasteiger charge is -2.08. The van der Waals surface area contributed by atoms with E-state index in [0.29, 0.717) is 11.3 Å². The predicted octanol–water partition coefficient (Wildman–Crippen LogP) is 2.10. The summed E-state index contributed by atoms with van der Waals surface area (Å²) in [6.07, 6.45) is 2.88. The first-order valence-electron chi connectivity index (χ1n) is 5.23. The second kappa shape index (κ2) is 5.49. The van der Waals surface area contributed by atoms with E-state index in [9.17, 15) is 9.59 Å². The number of aromatic carboxylic acids is 1. The fourth-order valence-electron chi connectivity index (χ4n) is 1.49.